The predicted octanol–water partition coefficient (Wildman–Crippen LogP) is 2.52. The third-order valence-corrected chi connectivity index (χ3v) is 6.61. The highest BCUT2D eigenvalue weighted by Gasteiger charge is 2.34. The third kappa shape index (κ3) is 3.49. The third-order valence-electron chi connectivity index (χ3n) is 3.40. The number of piperidine rings is 1. The van der Waals surface area contributed by atoms with Crippen molar-refractivity contribution in [2.75, 3.05) is 19.5 Å². The summed E-state index contributed by atoms with van der Waals surface area (Å²) < 4.78 is 28.1. The molecule has 0 aliphatic carbocycles. The van der Waals surface area contributed by atoms with Gasteiger partial charge in [0.15, 0.2) is 0 Å². The lowest BCUT2D eigenvalue weighted by atomic mass is 10.1. The Morgan fingerprint density at radius 3 is 2.95 bits per heavy atom. The zero-order chi connectivity index (χ0) is 13.9. The van der Waals surface area contributed by atoms with Crippen LogP contribution in [0.3, 0.4) is 0 Å². The Kier molecular flexibility index (Phi) is 5.25. The van der Waals surface area contributed by atoms with E-state index in [1.165, 1.54) is 4.31 Å². The largest absolute Gasteiger partial charge is 0.282 e. The van der Waals surface area contributed by atoms with E-state index >= 15 is 0 Å². The summed E-state index contributed by atoms with van der Waals surface area (Å²) in [5.41, 5.74) is 0. The molecule has 7 heteroatoms. The lowest BCUT2D eigenvalue weighted by molar-refractivity contribution is 0.252. The smallest absolute Gasteiger partial charge is 0.195 e. The van der Waals surface area contributed by atoms with E-state index in [4.69, 9.17) is 11.6 Å². The summed E-state index contributed by atoms with van der Waals surface area (Å²) in [4.78, 5) is 1.05. The zero-order valence-corrected chi connectivity index (χ0v) is 13.3. The Balaban J connectivity index is 2.11. The van der Waals surface area contributed by atoms with Gasteiger partial charge in [0.05, 0.1) is 0 Å². The average molecular weight is 323 g/mol. The van der Waals surface area contributed by atoms with Crippen LogP contribution in [0.4, 0.5) is 0 Å². The summed E-state index contributed by atoms with van der Waals surface area (Å²) in [6.45, 7) is 1.00. The summed E-state index contributed by atoms with van der Waals surface area (Å²) in [6, 6.07) is 3.82. The van der Waals surface area contributed by atoms with Crippen LogP contribution in [0.5, 0.6) is 0 Å². The van der Waals surface area contributed by atoms with Crippen molar-refractivity contribution in [1.82, 2.24) is 8.61 Å². The van der Waals surface area contributed by atoms with Crippen LogP contribution in [-0.2, 0) is 16.8 Å². The van der Waals surface area contributed by atoms with E-state index in [9.17, 15) is 8.42 Å². The van der Waals surface area contributed by atoms with Crippen molar-refractivity contribution in [2.45, 2.75) is 31.8 Å². The highest BCUT2D eigenvalue weighted by Crippen LogP contribution is 2.24. The molecule has 0 bridgehead atoms. The lowest BCUT2D eigenvalue weighted by Gasteiger charge is -2.35. The minimum Gasteiger partial charge on any atom is -0.195 e. The van der Waals surface area contributed by atoms with Gasteiger partial charge in [0.25, 0.3) is 10.2 Å². The molecule has 1 atom stereocenters. The van der Waals surface area contributed by atoms with Crippen LogP contribution in [0, 0.1) is 0 Å². The first-order valence-corrected chi connectivity index (χ1v) is 9.18. The van der Waals surface area contributed by atoms with Crippen molar-refractivity contribution < 1.29 is 8.42 Å². The number of hydrogen-bond donors (Lipinski definition) is 0. The van der Waals surface area contributed by atoms with Crippen LogP contribution < -0.4 is 0 Å². The molecule has 1 aromatic heterocycles. The van der Waals surface area contributed by atoms with Gasteiger partial charge >= 0.3 is 0 Å². The number of thiophene rings is 1. The van der Waals surface area contributed by atoms with Crippen molar-refractivity contribution in [3.63, 3.8) is 0 Å². The van der Waals surface area contributed by atoms with Gasteiger partial charge in [-0.3, -0.25) is 0 Å². The Morgan fingerprint density at radius 2 is 2.32 bits per heavy atom. The highest BCUT2D eigenvalue weighted by atomic mass is 35.5. The number of rotatable bonds is 5. The second-order valence-corrected chi connectivity index (χ2v) is 8.09. The van der Waals surface area contributed by atoms with Gasteiger partial charge in [-0.25, -0.2) is 0 Å². The Labute approximate surface area is 124 Å². The van der Waals surface area contributed by atoms with Crippen LogP contribution in [0.15, 0.2) is 17.5 Å². The monoisotopic (exact) mass is 322 g/mol. The molecule has 1 aromatic rings. The first-order chi connectivity index (χ1) is 9.05. The van der Waals surface area contributed by atoms with Gasteiger partial charge in [0, 0.05) is 36.9 Å². The van der Waals surface area contributed by atoms with Gasteiger partial charge in [-0.05, 0) is 24.3 Å². The van der Waals surface area contributed by atoms with Gasteiger partial charge < -0.3 is 0 Å². The molecule has 0 radical (unpaired) electrons. The topological polar surface area (TPSA) is 40.6 Å². The van der Waals surface area contributed by atoms with Crippen LogP contribution in [0.25, 0.3) is 0 Å². The lowest BCUT2D eigenvalue weighted by Crippen LogP contribution is -2.50. The molecule has 19 heavy (non-hydrogen) atoms. The van der Waals surface area contributed by atoms with Crippen molar-refractivity contribution in [2.24, 2.45) is 0 Å². The summed E-state index contributed by atoms with van der Waals surface area (Å²) in [7, 11) is -1.78. The predicted molar refractivity (Wildman–Crippen MR) is 79.8 cm³/mol. The van der Waals surface area contributed by atoms with E-state index in [0.717, 1.165) is 24.1 Å². The molecule has 2 heterocycles. The molecule has 0 saturated carbocycles. The van der Waals surface area contributed by atoms with Gasteiger partial charge in [-0.15, -0.1) is 22.9 Å². The molecular weight excluding hydrogens is 304 g/mol. The van der Waals surface area contributed by atoms with Gasteiger partial charge in [0.1, 0.15) is 0 Å². The van der Waals surface area contributed by atoms with Gasteiger partial charge in [0.2, 0.25) is 0 Å². The number of nitrogens with zero attached hydrogens (tertiary/aromatic N) is 2. The molecule has 0 N–H and O–H groups in total. The summed E-state index contributed by atoms with van der Waals surface area (Å²) in [6.07, 6.45) is 2.83. The molecule has 4 nitrogen and oxygen atoms in total. The van der Waals surface area contributed by atoms with Crippen LogP contribution >= 0.6 is 22.9 Å². The quantitative estimate of drug-likeness (QED) is 0.782. The molecule has 108 valence electrons. The molecule has 1 unspecified atom stereocenters. The summed E-state index contributed by atoms with van der Waals surface area (Å²) >= 11 is 7.48. The van der Waals surface area contributed by atoms with E-state index in [1.807, 2.05) is 17.5 Å². The maximum atomic E-state index is 12.6. The molecule has 0 amide bonds. The molecule has 2 rings (SSSR count). The molecule has 1 aliphatic heterocycles. The minimum atomic E-state index is -3.41. The number of hydrogen-bond acceptors (Lipinski definition) is 3. The second-order valence-electron chi connectivity index (χ2n) is 4.76. The van der Waals surface area contributed by atoms with Crippen molar-refractivity contribution in [3.05, 3.63) is 22.4 Å². The average Bonchev–Trinajstić information content (AvgIpc) is 2.91. The Hall–Kier alpha value is -0.140. The van der Waals surface area contributed by atoms with Crippen LogP contribution in [0.2, 0.25) is 0 Å². The molecule has 1 saturated heterocycles. The zero-order valence-electron chi connectivity index (χ0n) is 11.0. The fourth-order valence-corrected chi connectivity index (χ4v) is 5.13. The SMILES string of the molecule is CN(Cc1cccs1)S(=O)(=O)N1CCCCC1CCl. The maximum absolute atomic E-state index is 12.6. The van der Waals surface area contributed by atoms with Crippen LogP contribution in [0.1, 0.15) is 24.1 Å². The van der Waals surface area contributed by atoms with E-state index in [0.29, 0.717) is 19.0 Å². The normalized spacial score (nSPS) is 21.9. The molecule has 1 aliphatic rings. The number of halogens is 1. The Morgan fingerprint density at radius 1 is 1.53 bits per heavy atom. The van der Waals surface area contributed by atoms with Gasteiger partial charge in [-0.2, -0.15) is 17.0 Å². The first-order valence-electron chi connectivity index (χ1n) is 6.37. The van der Waals surface area contributed by atoms with Crippen molar-refractivity contribution >= 4 is 33.1 Å². The van der Waals surface area contributed by atoms with Crippen LogP contribution in [-0.4, -0.2) is 42.5 Å². The number of alkyl halides is 1. The minimum absolute atomic E-state index is 0.0637. The maximum Gasteiger partial charge on any atom is 0.282 e. The second kappa shape index (κ2) is 6.54. The highest BCUT2D eigenvalue weighted by molar-refractivity contribution is 7.86. The standard InChI is InChI=1S/C12H19ClN2O2S2/c1-14(10-12-6-4-8-18-12)19(16,17)15-7-3-2-5-11(15)9-13/h4,6,8,11H,2-3,5,7,9-10H2,1H3. The molecular formula is C12H19ClN2O2S2. The van der Waals surface area contributed by atoms with E-state index < -0.39 is 10.2 Å². The fourth-order valence-electron chi connectivity index (χ4n) is 2.31. The van der Waals surface area contributed by atoms with Gasteiger partial charge in [-0.1, -0.05) is 12.5 Å². The summed E-state index contributed by atoms with van der Waals surface area (Å²) in [5.74, 6) is 0.367. The summed E-state index contributed by atoms with van der Waals surface area (Å²) in [5, 5.41) is 1.96. The molecule has 0 aromatic carbocycles. The van der Waals surface area contributed by atoms with E-state index in [2.05, 4.69) is 0 Å². The van der Waals surface area contributed by atoms with Crippen molar-refractivity contribution in [1.29, 1.82) is 0 Å². The van der Waals surface area contributed by atoms with E-state index in [-0.39, 0.29) is 6.04 Å². The Bertz CT molecular complexity index is 490. The fraction of sp³-hybridized carbons (Fsp3) is 0.667. The van der Waals surface area contributed by atoms with E-state index in [1.54, 1.807) is 22.7 Å². The molecule has 0 spiro atoms. The molecule has 1 fully saturated rings. The first kappa shape index (κ1) is 15.3. The van der Waals surface area contributed by atoms with Crippen molar-refractivity contribution in [3.8, 4) is 0 Å².